The van der Waals surface area contributed by atoms with Crippen LogP contribution in [-0.4, -0.2) is 82.8 Å². The minimum absolute atomic E-state index is 0.00348. The Morgan fingerprint density at radius 3 is 2.21 bits per heavy atom. The van der Waals surface area contributed by atoms with Crippen molar-refractivity contribution in [1.29, 1.82) is 0 Å². The van der Waals surface area contributed by atoms with Gasteiger partial charge in [0.2, 0.25) is 11.8 Å². The Morgan fingerprint density at radius 1 is 1.06 bits per heavy atom. The average Bonchev–Trinajstić information content (AvgIpc) is 2.78. The fourth-order valence-corrected chi connectivity index (χ4v) is 4.77. The number of hydrogen-bond donors (Lipinski definition) is 1. The highest BCUT2D eigenvalue weighted by molar-refractivity contribution is 7.86. The van der Waals surface area contributed by atoms with Crippen LogP contribution >= 0.6 is 0 Å². The molecule has 0 spiro atoms. The van der Waals surface area contributed by atoms with Crippen LogP contribution in [0.2, 0.25) is 0 Å². The maximum atomic E-state index is 12.9. The van der Waals surface area contributed by atoms with E-state index in [1.165, 1.54) is 26.4 Å². The van der Waals surface area contributed by atoms with Gasteiger partial charge in [-0.1, -0.05) is 31.5 Å². The van der Waals surface area contributed by atoms with Gasteiger partial charge < -0.3 is 24.1 Å². The number of rotatable bonds is 6. The highest BCUT2D eigenvalue weighted by Crippen LogP contribution is 2.28. The van der Waals surface area contributed by atoms with E-state index in [1.807, 2.05) is 20.8 Å². The van der Waals surface area contributed by atoms with Gasteiger partial charge in [-0.3, -0.25) is 4.18 Å². The Labute approximate surface area is 194 Å². The van der Waals surface area contributed by atoms with Crippen LogP contribution < -0.4 is 0 Å². The summed E-state index contributed by atoms with van der Waals surface area (Å²) >= 11 is 0. The van der Waals surface area contributed by atoms with Crippen LogP contribution in [-0.2, 0) is 33.2 Å². The minimum Gasteiger partial charge on any atom is -0.483 e. The van der Waals surface area contributed by atoms with Crippen LogP contribution in [0, 0.1) is 12.8 Å². The maximum Gasteiger partial charge on any atom is 0.297 e. The van der Waals surface area contributed by atoms with Gasteiger partial charge in [0.15, 0.2) is 12.3 Å². The molecule has 0 radical (unpaired) electrons. The number of ether oxygens (including phenoxy) is 4. The largest absolute Gasteiger partial charge is 0.483 e. The summed E-state index contributed by atoms with van der Waals surface area (Å²) in [5, 5.41) is 11.3. The number of benzene rings is 1. The van der Waals surface area contributed by atoms with Gasteiger partial charge in [0, 0.05) is 0 Å². The number of hydrogen-bond acceptors (Lipinski definition) is 10. The average molecular weight is 485 g/mol. The smallest absolute Gasteiger partial charge is 0.297 e. The van der Waals surface area contributed by atoms with Crippen LogP contribution in [0.3, 0.4) is 0 Å². The number of aliphatic hydroxyl groups is 1. The maximum absolute atomic E-state index is 12.9. The summed E-state index contributed by atoms with van der Waals surface area (Å²) in [7, 11) is -1.22. The van der Waals surface area contributed by atoms with E-state index >= 15 is 0 Å². The lowest BCUT2D eigenvalue weighted by atomic mass is 9.97. The van der Waals surface area contributed by atoms with E-state index in [2.05, 4.69) is 9.98 Å². The second-order valence-corrected chi connectivity index (χ2v) is 9.94. The molecule has 2 aliphatic rings. The zero-order valence-electron chi connectivity index (χ0n) is 19.7. The molecule has 3 rings (SSSR count). The van der Waals surface area contributed by atoms with E-state index in [9.17, 15) is 13.5 Å². The molecule has 1 saturated heterocycles. The summed E-state index contributed by atoms with van der Waals surface area (Å²) in [6.45, 7) is 7.34. The Hall–Kier alpha value is -2.05. The first-order valence-corrected chi connectivity index (χ1v) is 12.2. The molecule has 0 bridgehead atoms. The van der Waals surface area contributed by atoms with Crippen LogP contribution in [0.25, 0.3) is 0 Å². The Morgan fingerprint density at radius 2 is 1.64 bits per heavy atom. The number of aryl methyl sites for hydroxylation is 1. The first kappa shape index (κ1) is 25.6. The molecular formula is C22H32N2O8S. The van der Waals surface area contributed by atoms with Gasteiger partial charge >= 0.3 is 0 Å². The van der Waals surface area contributed by atoms with Crippen molar-refractivity contribution in [3.8, 4) is 0 Å². The first-order chi connectivity index (χ1) is 15.6. The summed E-state index contributed by atoms with van der Waals surface area (Å²) in [5.41, 5.74) is 0.913. The Bertz CT molecular complexity index is 977. The Balaban J connectivity index is 1.88. The third kappa shape index (κ3) is 5.72. The zero-order valence-corrected chi connectivity index (χ0v) is 20.5. The van der Waals surface area contributed by atoms with Crippen LogP contribution in [0.5, 0.6) is 0 Å². The molecule has 0 amide bonds. The molecule has 1 N–H and O–H groups in total. The molecule has 6 atom stereocenters. The van der Waals surface area contributed by atoms with Gasteiger partial charge in [0.25, 0.3) is 10.1 Å². The first-order valence-electron chi connectivity index (χ1n) is 10.8. The lowest BCUT2D eigenvalue weighted by Gasteiger charge is -2.39. The lowest BCUT2D eigenvalue weighted by molar-refractivity contribution is -0.258. The van der Waals surface area contributed by atoms with E-state index < -0.39 is 40.8 Å². The third-order valence-corrected chi connectivity index (χ3v) is 6.87. The summed E-state index contributed by atoms with van der Waals surface area (Å²) in [4.78, 5) is 9.07. The normalized spacial score (nSPS) is 29.3. The summed E-state index contributed by atoms with van der Waals surface area (Å²) in [6, 6.07) is 4.94. The molecule has 1 fully saturated rings. The zero-order chi connectivity index (χ0) is 24.3. The fraction of sp³-hybridized carbons (Fsp3) is 0.636. The summed E-state index contributed by atoms with van der Waals surface area (Å²) in [5.74, 6) is 0.631. The van der Waals surface area contributed by atoms with Crippen LogP contribution in [0.4, 0.5) is 0 Å². The predicted octanol–water partition coefficient (Wildman–Crippen LogP) is 1.69. The lowest BCUT2D eigenvalue weighted by Crippen LogP contribution is -2.56. The second kappa shape index (κ2) is 10.5. The standard InChI is InChI=1S/C22H32N2O8S/c1-12(2)17-21(28-5)24-18(22(23-17)29-6)19(25)20-16(11-30-14(4)31-20)32-33(26,27)15-9-7-13(3)8-10-15/h7-10,12,14,16-20,25H,11H2,1-6H3/t14-,16-,17-,18+,19+,20-/m1/s1. The van der Waals surface area contributed by atoms with Gasteiger partial charge in [-0.25, -0.2) is 9.98 Å². The van der Waals surface area contributed by atoms with Crippen molar-refractivity contribution in [2.45, 2.75) is 69.3 Å². The minimum atomic E-state index is -4.14. The highest BCUT2D eigenvalue weighted by atomic mass is 32.2. The molecule has 0 aliphatic carbocycles. The monoisotopic (exact) mass is 484 g/mol. The third-order valence-electron chi connectivity index (χ3n) is 5.52. The fourth-order valence-electron chi connectivity index (χ4n) is 3.70. The molecule has 10 nitrogen and oxygen atoms in total. The van der Waals surface area contributed by atoms with Gasteiger partial charge in [0.1, 0.15) is 24.4 Å². The molecule has 33 heavy (non-hydrogen) atoms. The molecule has 2 heterocycles. The van der Waals surface area contributed by atoms with E-state index in [4.69, 9.17) is 23.1 Å². The van der Waals surface area contributed by atoms with Gasteiger partial charge in [0.05, 0.1) is 25.7 Å². The molecular weight excluding hydrogens is 452 g/mol. The summed E-state index contributed by atoms with van der Waals surface area (Å²) in [6.07, 6.45) is -4.24. The Kier molecular flexibility index (Phi) is 8.12. The molecule has 0 unspecified atom stereocenters. The molecule has 184 valence electrons. The van der Waals surface area contributed by atoms with Crippen molar-refractivity contribution in [3.05, 3.63) is 29.8 Å². The second-order valence-electron chi connectivity index (χ2n) is 8.37. The number of methoxy groups -OCH3 is 2. The predicted molar refractivity (Wildman–Crippen MR) is 121 cm³/mol. The van der Waals surface area contributed by atoms with Gasteiger partial charge in [-0.05, 0) is 31.9 Å². The van der Waals surface area contributed by atoms with Crippen LogP contribution in [0.1, 0.15) is 26.3 Å². The van der Waals surface area contributed by atoms with E-state index in [1.54, 1.807) is 19.1 Å². The van der Waals surface area contributed by atoms with Crippen molar-refractivity contribution in [1.82, 2.24) is 0 Å². The van der Waals surface area contributed by atoms with Crippen LogP contribution in [0.15, 0.2) is 39.1 Å². The number of aliphatic hydroxyl groups excluding tert-OH is 1. The van der Waals surface area contributed by atoms with Crippen molar-refractivity contribution in [2.75, 3.05) is 20.8 Å². The summed E-state index contributed by atoms with van der Waals surface area (Å²) < 4.78 is 53.2. The van der Waals surface area contributed by atoms with E-state index in [-0.39, 0.29) is 29.4 Å². The van der Waals surface area contributed by atoms with Gasteiger partial charge in [-0.2, -0.15) is 8.42 Å². The van der Waals surface area contributed by atoms with E-state index in [0.717, 1.165) is 5.56 Å². The van der Waals surface area contributed by atoms with Crippen molar-refractivity contribution in [2.24, 2.45) is 15.9 Å². The number of aliphatic imine (C=N–C) groups is 2. The molecule has 2 aliphatic heterocycles. The van der Waals surface area contributed by atoms with Crippen molar-refractivity contribution >= 4 is 21.9 Å². The van der Waals surface area contributed by atoms with E-state index in [0.29, 0.717) is 5.90 Å². The highest BCUT2D eigenvalue weighted by Gasteiger charge is 2.46. The SMILES string of the molecule is COC1=N[C@H](C(C)C)C(OC)=N[C@H]1[C@H](O)[C@@H]1O[C@H](C)OC[C@H]1OS(=O)(=O)c1ccc(C)cc1. The van der Waals surface area contributed by atoms with Crippen molar-refractivity contribution in [3.63, 3.8) is 0 Å². The molecule has 0 aromatic heterocycles. The molecule has 0 saturated carbocycles. The molecule has 1 aromatic carbocycles. The van der Waals surface area contributed by atoms with Gasteiger partial charge in [-0.15, -0.1) is 0 Å². The topological polar surface area (TPSA) is 125 Å². The molecule has 11 heteroatoms. The molecule has 1 aromatic rings. The number of nitrogens with zero attached hydrogens (tertiary/aromatic N) is 2. The van der Waals surface area contributed by atoms with Crippen molar-refractivity contribution < 1.29 is 36.7 Å². The quantitative estimate of drug-likeness (QED) is 0.605.